The fourth-order valence-corrected chi connectivity index (χ4v) is 3.18. The normalized spacial score (nSPS) is 20.4. The third kappa shape index (κ3) is 5.61. The molecule has 1 heterocycles. The van der Waals surface area contributed by atoms with E-state index in [9.17, 15) is 4.79 Å². The van der Waals surface area contributed by atoms with E-state index < -0.39 is 0 Å². The van der Waals surface area contributed by atoms with Crippen LogP contribution in [0.1, 0.15) is 32.3 Å². The number of piperidine rings is 1. The summed E-state index contributed by atoms with van der Waals surface area (Å²) in [6, 6.07) is 8.26. The maximum absolute atomic E-state index is 12.0. The molecule has 118 valence electrons. The molecule has 2 N–H and O–H groups in total. The second-order valence-corrected chi connectivity index (χ2v) is 7.13. The molecule has 0 radical (unpaired) electrons. The molecule has 1 amide bonds. The zero-order valence-electron chi connectivity index (χ0n) is 12.6. The summed E-state index contributed by atoms with van der Waals surface area (Å²) in [7, 11) is 0. The molecule has 21 heavy (non-hydrogen) atoms. The Kier molecular flexibility index (Phi) is 7.17. The number of carbonyl (C=O) groups excluding carboxylic acids is 1. The van der Waals surface area contributed by atoms with E-state index in [4.69, 9.17) is 0 Å². The zero-order valence-corrected chi connectivity index (χ0v) is 15.0. The Morgan fingerprint density at radius 2 is 2.24 bits per heavy atom. The highest BCUT2D eigenvalue weighted by Gasteiger charge is 2.31. The summed E-state index contributed by atoms with van der Waals surface area (Å²) in [4.78, 5) is 12.0. The van der Waals surface area contributed by atoms with E-state index in [1.807, 2.05) is 24.3 Å². The van der Waals surface area contributed by atoms with Gasteiger partial charge in [0.25, 0.3) is 0 Å². The Morgan fingerprint density at radius 3 is 2.90 bits per heavy atom. The Bertz CT molecular complexity index is 479. The Labute approximate surface area is 141 Å². The van der Waals surface area contributed by atoms with Crippen LogP contribution in [0.2, 0.25) is 0 Å². The SMILES string of the molecule is CC1(C)CCCNC1CNC(=O)Cc1cccc(Br)c1.Cl. The largest absolute Gasteiger partial charge is 0.354 e. The monoisotopic (exact) mass is 374 g/mol. The molecule has 1 aromatic carbocycles. The number of nitrogens with one attached hydrogen (secondary N) is 2. The predicted octanol–water partition coefficient (Wildman–Crippen LogP) is 3.31. The van der Waals surface area contributed by atoms with Crippen molar-refractivity contribution in [3.05, 3.63) is 34.3 Å². The molecule has 1 saturated heterocycles. The molecule has 0 bridgehead atoms. The van der Waals surface area contributed by atoms with Crippen LogP contribution in [0.15, 0.2) is 28.7 Å². The molecule has 1 aromatic rings. The second kappa shape index (κ2) is 8.16. The van der Waals surface area contributed by atoms with Crippen molar-refractivity contribution in [3.8, 4) is 0 Å². The van der Waals surface area contributed by atoms with Crippen molar-refractivity contribution in [1.82, 2.24) is 10.6 Å². The van der Waals surface area contributed by atoms with E-state index in [0.717, 1.165) is 16.6 Å². The number of hydrogen-bond donors (Lipinski definition) is 2. The van der Waals surface area contributed by atoms with Gasteiger partial charge in [-0.25, -0.2) is 0 Å². The van der Waals surface area contributed by atoms with E-state index in [1.165, 1.54) is 12.8 Å². The molecule has 1 unspecified atom stereocenters. The standard InChI is InChI=1S/C16H23BrN2O.ClH/c1-16(2)7-4-8-18-14(16)11-19-15(20)10-12-5-3-6-13(17)9-12;/h3,5-6,9,14,18H,4,7-8,10-11H2,1-2H3,(H,19,20);1H. The number of amides is 1. The molecule has 1 aliphatic rings. The van der Waals surface area contributed by atoms with Gasteiger partial charge in [-0.3, -0.25) is 4.79 Å². The average Bonchev–Trinajstić information content (AvgIpc) is 2.37. The lowest BCUT2D eigenvalue weighted by molar-refractivity contribution is -0.120. The van der Waals surface area contributed by atoms with Crippen molar-refractivity contribution in [2.75, 3.05) is 13.1 Å². The molecular formula is C16H24BrClN2O. The van der Waals surface area contributed by atoms with Crippen LogP contribution in [0.4, 0.5) is 0 Å². The second-order valence-electron chi connectivity index (χ2n) is 6.21. The van der Waals surface area contributed by atoms with Gasteiger partial charge in [-0.2, -0.15) is 0 Å². The van der Waals surface area contributed by atoms with Crippen LogP contribution in [0.5, 0.6) is 0 Å². The lowest BCUT2D eigenvalue weighted by atomic mass is 9.77. The van der Waals surface area contributed by atoms with Gasteiger partial charge < -0.3 is 10.6 Å². The molecule has 1 fully saturated rings. The topological polar surface area (TPSA) is 41.1 Å². The highest BCUT2D eigenvalue weighted by Crippen LogP contribution is 2.29. The van der Waals surface area contributed by atoms with Crippen molar-refractivity contribution in [3.63, 3.8) is 0 Å². The van der Waals surface area contributed by atoms with Crippen molar-refractivity contribution >= 4 is 34.2 Å². The molecule has 1 atom stereocenters. The zero-order chi connectivity index (χ0) is 14.6. The first-order valence-corrected chi connectivity index (χ1v) is 8.01. The smallest absolute Gasteiger partial charge is 0.224 e. The van der Waals surface area contributed by atoms with Gasteiger partial charge in [0.1, 0.15) is 0 Å². The highest BCUT2D eigenvalue weighted by atomic mass is 79.9. The molecule has 1 aliphatic heterocycles. The van der Waals surface area contributed by atoms with E-state index >= 15 is 0 Å². The quantitative estimate of drug-likeness (QED) is 0.847. The summed E-state index contributed by atoms with van der Waals surface area (Å²) >= 11 is 3.43. The fourth-order valence-electron chi connectivity index (χ4n) is 2.73. The van der Waals surface area contributed by atoms with Crippen LogP contribution in [0.25, 0.3) is 0 Å². The minimum atomic E-state index is 0. The Hall–Kier alpha value is -0.580. The van der Waals surface area contributed by atoms with Crippen molar-refractivity contribution < 1.29 is 4.79 Å². The van der Waals surface area contributed by atoms with Crippen molar-refractivity contribution in [2.24, 2.45) is 5.41 Å². The van der Waals surface area contributed by atoms with Gasteiger partial charge >= 0.3 is 0 Å². The molecule has 0 aromatic heterocycles. The molecule has 2 rings (SSSR count). The summed E-state index contributed by atoms with van der Waals surface area (Å²) in [5.74, 6) is 0.0891. The number of halogens is 2. The van der Waals surface area contributed by atoms with Gasteiger partial charge in [0.05, 0.1) is 6.42 Å². The van der Waals surface area contributed by atoms with Crippen LogP contribution >= 0.6 is 28.3 Å². The summed E-state index contributed by atoms with van der Waals surface area (Å²) in [6.45, 7) is 6.30. The van der Waals surface area contributed by atoms with Gasteiger partial charge in [0.15, 0.2) is 0 Å². The first-order chi connectivity index (χ1) is 9.47. The third-order valence-electron chi connectivity index (χ3n) is 4.09. The van der Waals surface area contributed by atoms with E-state index in [1.54, 1.807) is 0 Å². The summed E-state index contributed by atoms with van der Waals surface area (Å²) < 4.78 is 1.01. The molecule has 3 nitrogen and oxygen atoms in total. The van der Waals surface area contributed by atoms with Crippen LogP contribution in [-0.2, 0) is 11.2 Å². The van der Waals surface area contributed by atoms with Crippen LogP contribution in [0.3, 0.4) is 0 Å². The number of carbonyl (C=O) groups is 1. The van der Waals surface area contributed by atoms with Gasteiger partial charge in [-0.15, -0.1) is 12.4 Å². The highest BCUT2D eigenvalue weighted by molar-refractivity contribution is 9.10. The summed E-state index contributed by atoms with van der Waals surface area (Å²) in [5, 5.41) is 6.57. The Balaban J connectivity index is 0.00000220. The van der Waals surface area contributed by atoms with Crippen LogP contribution in [-0.4, -0.2) is 25.0 Å². The van der Waals surface area contributed by atoms with E-state index in [0.29, 0.717) is 19.0 Å². The maximum Gasteiger partial charge on any atom is 0.224 e. The first kappa shape index (κ1) is 18.5. The minimum absolute atomic E-state index is 0. The molecule has 0 aliphatic carbocycles. The molecule has 5 heteroatoms. The number of benzene rings is 1. The summed E-state index contributed by atoms with van der Waals surface area (Å²) in [5.41, 5.74) is 1.29. The lowest BCUT2D eigenvalue weighted by Gasteiger charge is -2.39. The number of rotatable bonds is 4. The van der Waals surface area contributed by atoms with Crippen molar-refractivity contribution in [2.45, 2.75) is 39.2 Å². The maximum atomic E-state index is 12.0. The fraction of sp³-hybridized carbons (Fsp3) is 0.562. The van der Waals surface area contributed by atoms with Gasteiger partial charge in [-0.05, 0) is 42.5 Å². The predicted molar refractivity (Wildman–Crippen MR) is 92.9 cm³/mol. The first-order valence-electron chi connectivity index (χ1n) is 7.22. The molecule has 0 spiro atoms. The number of hydrogen-bond acceptors (Lipinski definition) is 2. The van der Waals surface area contributed by atoms with Gasteiger partial charge in [-0.1, -0.05) is 41.9 Å². The lowest BCUT2D eigenvalue weighted by Crippen LogP contribution is -2.52. The third-order valence-corrected chi connectivity index (χ3v) is 4.58. The minimum Gasteiger partial charge on any atom is -0.354 e. The van der Waals surface area contributed by atoms with Crippen LogP contribution < -0.4 is 10.6 Å². The van der Waals surface area contributed by atoms with Crippen LogP contribution in [0, 0.1) is 5.41 Å². The van der Waals surface area contributed by atoms with E-state index in [2.05, 4.69) is 40.4 Å². The Morgan fingerprint density at radius 1 is 1.48 bits per heavy atom. The van der Waals surface area contributed by atoms with E-state index in [-0.39, 0.29) is 23.7 Å². The molecular weight excluding hydrogens is 352 g/mol. The van der Waals surface area contributed by atoms with Crippen molar-refractivity contribution in [1.29, 1.82) is 0 Å². The van der Waals surface area contributed by atoms with Gasteiger partial charge in [0.2, 0.25) is 5.91 Å². The van der Waals surface area contributed by atoms with Gasteiger partial charge in [0, 0.05) is 17.1 Å². The molecule has 0 saturated carbocycles. The average molecular weight is 376 g/mol. The summed E-state index contributed by atoms with van der Waals surface area (Å²) in [6.07, 6.45) is 2.87.